The number of nitrogens with one attached hydrogen (secondary N) is 2. The molecule has 1 saturated heterocycles. The molecule has 2 aromatic rings. The first-order valence-corrected chi connectivity index (χ1v) is 9.78. The van der Waals surface area contributed by atoms with Crippen LogP contribution in [0, 0.1) is 5.41 Å². The molecule has 0 aliphatic carbocycles. The Labute approximate surface area is 170 Å². The minimum atomic E-state index is -0.987. The molecule has 7 nitrogen and oxygen atoms in total. The van der Waals surface area contributed by atoms with E-state index in [1.54, 1.807) is 30.3 Å². The molecule has 2 atom stereocenters. The summed E-state index contributed by atoms with van der Waals surface area (Å²) in [6.45, 7) is 3.25. The largest absolute Gasteiger partial charge is 0.491 e. The summed E-state index contributed by atoms with van der Waals surface area (Å²) < 4.78 is 11.5. The van der Waals surface area contributed by atoms with Crippen molar-refractivity contribution in [2.24, 2.45) is 5.73 Å². The third-order valence-corrected chi connectivity index (χ3v) is 4.94. The average Bonchev–Trinajstić information content (AvgIpc) is 3.24. The molecule has 0 spiro atoms. The molecule has 0 aromatic heterocycles. The molecule has 0 amide bonds. The number of carboxylic acid groups (broad SMARTS) is 1. The summed E-state index contributed by atoms with van der Waals surface area (Å²) in [5, 5.41) is 20.3. The Kier molecular flexibility index (Phi) is 6.72. The monoisotopic (exact) mass is 397 g/mol. The number of hydrogen-bond acceptors (Lipinski definition) is 5. The van der Waals surface area contributed by atoms with Crippen LogP contribution in [0.2, 0.25) is 0 Å². The van der Waals surface area contributed by atoms with Gasteiger partial charge >= 0.3 is 5.97 Å². The van der Waals surface area contributed by atoms with Crippen molar-refractivity contribution < 1.29 is 19.4 Å². The first-order chi connectivity index (χ1) is 14.0. The highest BCUT2D eigenvalue weighted by atomic mass is 16.5. The maximum atomic E-state index is 12.0. The number of aliphatic carboxylic acids is 1. The van der Waals surface area contributed by atoms with Crippen LogP contribution >= 0.6 is 0 Å². The number of nitrogens with two attached hydrogens (primary N) is 1. The zero-order valence-electron chi connectivity index (χ0n) is 16.5. The lowest BCUT2D eigenvalue weighted by Gasteiger charge is -2.19. The number of amidine groups is 1. The Balaban J connectivity index is 1.80. The predicted molar refractivity (Wildman–Crippen MR) is 112 cm³/mol. The molecule has 3 rings (SSSR count). The molecule has 29 heavy (non-hydrogen) atoms. The summed E-state index contributed by atoms with van der Waals surface area (Å²) in [6.07, 6.45) is 2.89. The van der Waals surface area contributed by atoms with Gasteiger partial charge in [-0.15, -0.1) is 0 Å². The van der Waals surface area contributed by atoms with Crippen LogP contribution in [0.15, 0.2) is 42.5 Å². The van der Waals surface area contributed by atoms with E-state index in [0.717, 1.165) is 31.4 Å². The van der Waals surface area contributed by atoms with Gasteiger partial charge in [0.1, 0.15) is 18.2 Å². The molecule has 0 radical (unpaired) electrons. The zero-order valence-corrected chi connectivity index (χ0v) is 16.5. The molecule has 2 aromatic carbocycles. The van der Waals surface area contributed by atoms with Gasteiger partial charge in [0.25, 0.3) is 0 Å². The number of ether oxygens (including phenoxy) is 2. The Morgan fingerprint density at radius 2 is 2.10 bits per heavy atom. The summed E-state index contributed by atoms with van der Waals surface area (Å²) in [5.74, 6) is -0.371. The van der Waals surface area contributed by atoms with Crippen LogP contribution in [-0.2, 0) is 16.0 Å². The number of hydrogen-bond donors (Lipinski definition) is 4. The minimum Gasteiger partial charge on any atom is -0.491 e. The number of benzene rings is 2. The van der Waals surface area contributed by atoms with E-state index in [4.69, 9.17) is 20.6 Å². The Bertz CT molecular complexity index is 861. The van der Waals surface area contributed by atoms with Gasteiger partial charge in [-0.25, -0.2) is 4.79 Å². The van der Waals surface area contributed by atoms with Crippen LogP contribution in [0.4, 0.5) is 5.69 Å². The van der Waals surface area contributed by atoms with Gasteiger partial charge in [-0.05, 0) is 66.8 Å². The molecule has 0 saturated carbocycles. The Morgan fingerprint density at radius 3 is 2.69 bits per heavy atom. The van der Waals surface area contributed by atoms with Crippen molar-refractivity contribution in [3.63, 3.8) is 0 Å². The van der Waals surface area contributed by atoms with Crippen molar-refractivity contribution in [2.45, 2.75) is 38.3 Å². The summed E-state index contributed by atoms with van der Waals surface area (Å²) >= 11 is 0. The van der Waals surface area contributed by atoms with Crippen LogP contribution < -0.4 is 15.8 Å². The molecule has 1 aliphatic heterocycles. The highest BCUT2D eigenvalue weighted by molar-refractivity contribution is 5.95. The van der Waals surface area contributed by atoms with Gasteiger partial charge in [0, 0.05) is 17.9 Å². The highest BCUT2D eigenvalue weighted by Crippen LogP contribution is 2.27. The Morgan fingerprint density at radius 1 is 1.34 bits per heavy atom. The lowest BCUT2D eigenvalue weighted by atomic mass is 10.0. The van der Waals surface area contributed by atoms with Gasteiger partial charge < -0.3 is 25.6 Å². The molecule has 7 heteroatoms. The predicted octanol–water partition coefficient (Wildman–Crippen LogP) is 3.33. The number of carbonyl (C=O) groups is 1. The fraction of sp³-hybridized carbons (Fsp3) is 0.364. The first-order valence-electron chi connectivity index (χ1n) is 9.78. The lowest BCUT2D eigenvalue weighted by Crippen LogP contribution is -2.21. The summed E-state index contributed by atoms with van der Waals surface area (Å²) in [5.41, 5.74) is 8.31. The molecule has 2 unspecified atom stereocenters. The van der Waals surface area contributed by atoms with Gasteiger partial charge in [0.2, 0.25) is 0 Å². The second kappa shape index (κ2) is 9.43. The second-order valence-electron chi connectivity index (χ2n) is 7.12. The van der Waals surface area contributed by atoms with Crippen molar-refractivity contribution in [3.05, 3.63) is 59.2 Å². The van der Waals surface area contributed by atoms with Gasteiger partial charge in [-0.2, -0.15) is 0 Å². The van der Waals surface area contributed by atoms with Crippen LogP contribution in [0.25, 0.3) is 0 Å². The Hall–Kier alpha value is -3.06. The van der Waals surface area contributed by atoms with E-state index >= 15 is 0 Å². The number of carboxylic acids is 1. The van der Waals surface area contributed by atoms with Crippen LogP contribution in [-0.4, -0.2) is 36.2 Å². The maximum Gasteiger partial charge on any atom is 0.330 e. The van der Waals surface area contributed by atoms with E-state index < -0.39 is 12.0 Å². The van der Waals surface area contributed by atoms with Gasteiger partial charge in [0.05, 0.1) is 6.10 Å². The van der Waals surface area contributed by atoms with E-state index in [-0.39, 0.29) is 11.9 Å². The van der Waals surface area contributed by atoms with Crippen molar-refractivity contribution in [3.8, 4) is 5.75 Å². The maximum absolute atomic E-state index is 12.0. The standard InChI is InChI=1S/C22H27N3O4/c1-2-14-10-16(12-19(11-14)29-13-18-4-3-9-28-18)20(22(26)27)25-17-7-5-15(6-8-17)21(23)24/h5-8,10-12,18,20,25H,2-4,9,13H2,1H3,(H3,23,24)(H,26,27). The molecule has 1 fully saturated rings. The van der Waals surface area contributed by atoms with E-state index in [2.05, 4.69) is 5.32 Å². The number of aryl methyl sites for hydroxylation is 1. The van der Waals surface area contributed by atoms with Gasteiger partial charge in [0.15, 0.2) is 6.04 Å². The van der Waals surface area contributed by atoms with E-state index in [1.807, 2.05) is 19.1 Å². The quantitative estimate of drug-likeness (QED) is 0.381. The second-order valence-corrected chi connectivity index (χ2v) is 7.12. The fourth-order valence-corrected chi connectivity index (χ4v) is 3.31. The minimum absolute atomic E-state index is 0.0324. The van der Waals surface area contributed by atoms with Crippen LogP contribution in [0.3, 0.4) is 0 Å². The van der Waals surface area contributed by atoms with Gasteiger partial charge in [-0.1, -0.05) is 13.0 Å². The zero-order chi connectivity index (χ0) is 20.8. The third-order valence-electron chi connectivity index (χ3n) is 4.94. The molecule has 1 heterocycles. The van der Waals surface area contributed by atoms with Crippen molar-refractivity contribution in [2.75, 3.05) is 18.5 Å². The van der Waals surface area contributed by atoms with Crippen LogP contribution in [0.1, 0.15) is 42.5 Å². The smallest absolute Gasteiger partial charge is 0.330 e. The molecular formula is C22H27N3O4. The van der Waals surface area contributed by atoms with E-state index in [9.17, 15) is 9.90 Å². The normalized spacial score (nSPS) is 16.9. The SMILES string of the molecule is CCc1cc(OCC2CCCO2)cc(C(Nc2ccc(C(=N)N)cc2)C(=O)O)c1. The van der Waals surface area contributed by atoms with Crippen LogP contribution in [0.5, 0.6) is 5.75 Å². The topological polar surface area (TPSA) is 118 Å². The van der Waals surface area contributed by atoms with E-state index in [0.29, 0.717) is 29.2 Å². The fourth-order valence-electron chi connectivity index (χ4n) is 3.31. The summed E-state index contributed by atoms with van der Waals surface area (Å²) in [6, 6.07) is 11.5. The number of anilines is 1. The average molecular weight is 397 g/mol. The first kappa shape index (κ1) is 20.7. The molecule has 5 N–H and O–H groups in total. The molecule has 154 valence electrons. The number of rotatable bonds is 9. The highest BCUT2D eigenvalue weighted by Gasteiger charge is 2.22. The molecule has 0 bridgehead atoms. The van der Waals surface area contributed by atoms with Crippen molar-refractivity contribution in [1.82, 2.24) is 0 Å². The molecule has 1 aliphatic rings. The van der Waals surface area contributed by atoms with E-state index in [1.165, 1.54) is 0 Å². The molecular weight excluding hydrogens is 370 g/mol. The van der Waals surface area contributed by atoms with Gasteiger partial charge in [-0.3, -0.25) is 5.41 Å². The van der Waals surface area contributed by atoms with Crippen molar-refractivity contribution >= 4 is 17.5 Å². The summed E-state index contributed by atoms with van der Waals surface area (Å²) in [4.78, 5) is 12.0. The third kappa shape index (κ3) is 5.48. The van der Waals surface area contributed by atoms with Crippen molar-refractivity contribution in [1.29, 1.82) is 5.41 Å². The lowest BCUT2D eigenvalue weighted by molar-refractivity contribution is -0.138. The summed E-state index contributed by atoms with van der Waals surface area (Å²) in [7, 11) is 0. The number of nitrogen functional groups attached to an aromatic ring is 1.